The second-order valence-corrected chi connectivity index (χ2v) is 5.22. The highest BCUT2D eigenvalue weighted by molar-refractivity contribution is 7.10. The van der Waals surface area contributed by atoms with E-state index in [9.17, 15) is 0 Å². The van der Waals surface area contributed by atoms with E-state index < -0.39 is 0 Å². The summed E-state index contributed by atoms with van der Waals surface area (Å²) in [7, 11) is 3.24. The Morgan fingerprint density at radius 2 is 2.05 bits per heavy atom. The van der Waals surface area contributed by atoms with Crippen LogP contribution in [-0.4, -0.2) is 25.1 Å². The molecule has 6 heteroatoms. The SMILES string of the molecule is COc1ccc(CCNc2snc(C)c2C#N)cc1OC. The second-order valence-electron chi connectivity index (χ2n) is 4.45. The molecule has 0 unspecified atom stereocenters. The highest BCUT2D eigenvalue weighted by Gasteiger charge is 2.09. The Morgan fingerprint density at radius 3 is 2.71 bits per heavy atom. The lowest BCUT2D eigenvalue weighted by Crippen LogP contribution is -2.05. The molecule has 0 saturated carbocycles. The molecule has 110 valence electrons. The fourth-order valence-electron chi connectivity index (χ4n) is 1.98. The van der Waals surface area contributed by atoms with Gasteiger partial charge in [-0.1, -0.05) is 6.07 Å². The van der Waals surface area contributed by atoms with Crippen LogP contribution in [0.15, 0.2) is 18.2 Å². The number of hydrogen-bond donors (Lipinski definition) is 1. The van der Waals surface area contributed by atoms with Gasteiger partial charge < -0.3 is 14.8 Å². The Labute approximate surface area is 128 Å². The molecule has 5 nitrogen and oxygen atoms in total. The summed E-state index contributed by atoms with van der Waals surface area (Å²) >= 11 is 1.32. The van der Waals surface area contributed by atoms with E-state index in [-0.39, 0.29) is 0 Å². The predicted molar refractivity (Wildman–Crippen MR) is 83.3 cm³/mol. The number of anilines is 1. The van der Waals surface area contributed by atoms with Crippen LogP contribution >= 0.6 is 11.5 Å². The van der Waals surface area contributed by atoms with Crippen LogP contribution in [0.2, 0.25) is 0 Å². The number of ether oxygens (including phenoxy) is 2. The molecule has 0 aliphatic heterocycles. The van der Waals surface area contributed by atoms with E-state index in [0.717, 1.165) is 40.7 Å². The van der Waals surface area contributed by atoms with Gasteiger partial charge >= 0.3 is 0 Å². The average molecular weight is 303 g/mol. The minimum Gasteiger partial charge on any atom is -0.493 e. The van der Waals surface area contributed by atoms with Crippen molar-refractivity contribution in [1.29, 1.82) is 5.26 Å². The number of nitrogens with zero attached hydrogens (tertiary/aromatic N) is 2. The number of rotatable bonds is 6. The number of aryl methyl sites for hydroxylation is 1. The summed E-state index contributed by atoms with van der Waals surface area (Å²) in [6, 6.07) is 8.04. The third-order valence-electron chi connectivity index (χ3n) is 3.12. The molecule has 2 rings (SSSR count). The first kappa shape index (κ1) is 15.1. The molecule has 0 amide bonds. The van der Waals surface area contributed by atoms with Crippen molar-refractivity contribution in [3.63, 3.8) is 0 Å². The molecule has 0 atom stereocenters. The Hall–Kier alpha value is -2.26. The Kier molecular flexibility index (Phi) is 5.01. The third kappa shape index (κ3) is 3.44. The van der Waals surface area contributed by atoms with Crippen LogP contribution in [0, 0.1) is 18.3 Å². The third-order valence-corrected chi connectivity index (χ3v) is 4.02. The fraction of sp³-hybridized carbons (Fsp3) is 0.333. The maximum absolute atomic E-state index is 9.08. The van der Waals surface area contributed by atoms with Crippen molar-refractivity contribution in [3.8, 4) is 17.6 Å². The Bertz CT molecular complexity index is 661. The van der Waals surface area contributed by atoms with E-state index in [0.29, 0.717) is 5.56 Å². The smallest absolute Gasteiger partial charge is 0.160 e. The molecule has 1 aromatic carbocycles. The monoisotopic (exact) mass is 303 g/mol. The first-order valence-corrected chi connectivity index (χ1v) is 7.28. The van der Waals surface area contributed by atoms with Crippen molar-refractivity contribution in [1.82, 2.24) is 4.37 Å². The minimum atomic E-state index is 0.632. The van der Waals surface area contributed by atoms with Crippen LogP contribution in [0.1, 0.15) is 16.8 Å². The minimum absolute atomic E-state index is 0.632. The topological polar surface area (TPSA) is 67.2 Å². The van der Waals surface area contributed by atoms with Crippen LogP contribution < -0.4 is 14.8 Å². The van der Waals surface area contributed by atoms with E-state index in [1.54, 1.807) is 14.2 Å². The van der Waals surface area contributed by atoms with E-state index in [1.165, 1.54) is 11.5 Å². The molecule has 0 spiro atoms. The van der Waals surface area contributed by atoms with E-state index in [4.69, 9.17) is 14.7 Å². The van der Waals surface area contributed by atoms with Crippen molar-refractivity contribution < 1.29 is 9.47 Å². The van der Waals surface area contributed by atoms with Gasteiger partial charge in [-0.25, -0.2) is 0 Å². The molecule has 1 aromatic heterocycles. The van der Waals surface area contributed by atoms with Gasteiger partial charge in [0.2, 0.25) is 0 Å². The van der Waals surface area contributed by atoms with Gasteiger partial charge in [-0.05, 0) is 42.6 Å². The molecule has 2 aromatic rings. The van der Waals surface area contributed by atoms with Gasteiger partial charge in [-0.2, -0.15) is 9.64 Å². The molecular weight excluding hydrogens is 286 g/mol. The number of nitrogens with one attached hydrogen (secondary N) is 1. The molecule has 0 saturated heterocycles. The average Bonchev–Trinajstić information content (AvgIpc) is 2.87. The second kappa shape index (κ2) is 6.95. The summed E-state index contributed by atoms with van der Waals surface area (Å²) in [6.45, 7) is 2.57. The Balaban J connectivity index is 1.99. The van der Waals surface area contributed by atoms with Crippen LogP contribution in [-0.2, 0) is 6.42 Å². The summed E-state index contributed by atoms with van der Waals surface area (Å²) in [5.41, 5.74) is 2.54. The van der Waals surface area contributed by atoms with Crippen LogP contribution in [0.5, 0.6) is 11.5 Å². The van der Waals surface area contributed by atoms with Crippen LogP contribution in [0.3, 0.4) is 0 Å². The molecule has 1 heterocycles. The standard InChI is InChI=1S/C15H17N3O2S/c1-10-12(9-16)15(21-18-10)17-7-6-11-4-5-13(19-2)14(8-11)20-3/h4-5,8,17H,6-7H2,1-3H3. The highest BCUT2D eigenvalue weighted by atomic mass is 32.1. The number of benzene rings is 1. The van der Waals surface area contributed by atoms with Gasteiger partial charge in [0.05, 0.1) is 19.9 Å². The van der Waals surface area contributed by atoms with Gasteiger partial charge in [0.15, 0.2) is 11.5 Å². The first-order valence-electron chi connectivity index (χ1n) is 6.50. The van der Waals surface area contributed by atoms with Crippen LogP contribution in [0.4, 0.5) is 5.00 Å². The van der Waals surface area contributed by atoms with Gasteiger partial charge in [-0.15, -0.1) is 0 Å². The predicted octanol–water partition coefficient (Wildman–Crippen LogP) is 3.00. The zero-order valence-corrected chi connectivity index (χ0v) is 13.1. The lowest BCUT2D eigenvalue weighted by Gasteiger charge is -2.10. The number of aromatic nitrogens is 1. The first-order chi connectivity index (χ1) is 10.2. The van der Waals surface area contributed by atoms with E-state index in [1.807, 2.05) is 25.1 Å². The van der Waals surface area contributed by atoms with Gasteiger partial charge in [0, 0.05) is 6.54 Å². The maximum atomic E-state index is 9.08. The maximum Gasteiger partial charge on any atom is 0.160 e. The summed E-state index contributed by atoms with van der Waals surface area (Å²) in [6.07, 6.45) is 0.822. The zero-order valence-electron chi connectivity index (χ0n) is 12.3. The van der Waals surface area contributed by atoms with Crippen molar-refractivity contribution in [3.05, 3.63) is 35.0 Å². The molecule has 0 aliphatic rings. The zero-order chi connectivity index (χ0) is 15.2. The lowest BCUT2D eigenvalue weighted by molar-refractivity contribution is 0.354. The van der Waals surface area contributed by atoms with Gasteiger partial charge in [0.25, 0.3) is 0 Å². The van der Waals surface area contributed by atoms with Crippen LogP contribution in [0.25, 0.3) is 0 Å². The van der Waals surface area contributed by atoms with Crippen molar-refractivity contribution >= 4 is 16.5 Å². The quantitative estimate of drug-likeness (QED) is 0.888. The summed E-state index contributed by atoms with van der Waals surface area (Å²) in [5.74, 6) is 1.44. The number of methoxy groups -OCH3 is 2. The molecule has 0 fully saturated rings. The molecule has 21 heavy (non-hydrogen) atoms. The van der Waals surface area contributed by atoms with Gasteiger partial charge in [-0.3, -0.25) is 0 Å². The van der Waals surface area contributed by atoms with Crippen molar-refractivity contribution in [2.75, 3.05) is 26.1 Å². The molecular formula is C15H17N3O2S. The van der Waals surface area contributed by atoms with Crippen molar-refractivity contribution in [2.45, 2.75) is 13.3 Å². The normalized spacial score (nSPS) is 10.0. The molecule has 0 radical (unpaired) electrons. The summed E-state index contributed by atoms with van der Waals surface area (Å²) < 4.78 is 14.7. The largest absolute Gasteiger partial charge is 0.493 e. The van der Waals surface area contributed by atoms with Crippen molar-refractivity contribution in [2.24, 2.45) is 0 Å². The number of nitriles is 1. The Morgan fingerprint density at radius 1 is 1.29 bits per heavy atom. The molecule has 0 bridgehead atoms. The summed E-state index contributed by atoms with van der Waals surface area (Å²) in [5, 5.41) is 13.2. The summed E-state index contributed by atoms with van der Waals surface area (Å²) in [4.78, 5) is 0. The van der Waals surface area contributed by atoms with E-state index in [2.05, 4.69) is 15.8 Å². The number of hydrogen-bond acceptors (Lipinski definition) is 6. The molecule has 0 aliphatic carbocycles. The van der Waals surface area contributed by atoms with E-state index >= 15 is 0 Å². The van der Waals surface area contributed by atoms with Gasteiger partial charge in [0.1, 0.15) is 16.6 Å². The fourth-order valence-corrected chi connectivity index (χ4v) is 2.75. The lowest BCUT2D eigenvalue weighted by atomic mass is 10.1. The highest BCUT2D eigenvalue weighted by Crippen LogP contribution is 2.28. The molecule has 1 N–H and O–H groups in total.